The van der Waals surface area contributed by atoms with Gasteiger partial charge in [0.1, 0.15) is 18.2 Å². The monoisotopic (exact) mass is 655 g/mol. The third-order valence-electron chi connectivity index (χ3n) is 10.1. The van der Waals surface area contributed by atoms with Crippen molar-refractivity contribution in [3.8, 4) is 0 Å². The number of nitrogens with zero attached hydrogens (tertiary/aromatic N) is 2. The fraction of sp³-hybridized carbons (Fsp3) is 0.474. The van der Waals surface area contributed by atoms with Gasteiger partial charge in [0.2, 0.25) is 11.8 Å². The van der Waals surface area contributed by atoms with E-state index in [2.05, 4.69) is 5.32 Å². The summed E-state index contributed by atoms with van der Waals surface area (Å²) < 4.78 is 12.3. The van der Waals surface area contributed by atoms with E-state index in [0.717, 1.165) is 35.2 Å². The Balaban J connectivity index is 1.42. The molecule has 4 aliphatic rings. The van der Waals surface area contributed by atoms with Crippen LogP contribution in [0.3, 0.4) is 0 Å². The Morgan fingerprint density at radius 2 is 1.67 bits per heavy atom. The zero-order valence-corrected chi connectivity index (χ0v) is 27.7. The summed E-state index contributed by atoms with van der Waals surface area (Å²) >= 11 is 0. The second kappa shape index (κ2) is 14.5. The Bertz CT molecular complexity index is 1570. The van der Waals surface area contributed by atoms with Crippen LogP contribution in [0.4, 0.5) is 5.69 Å². The number of allylic oxidation sites excluding steroid dienone is 1. The molecule has 0 aromatic heterocycles. The Labute approximate surface area is 281 Å². The number of aryl methyl sites for hydroxylation is 2. The number of rotatable bonds is 8. The van der Waals surface area contributed by atoms with Crippen molar-refractivity contribution in [3.05, 3.63) is 89.5 Å². The number of amides is 3. The van der Waals surface area contributed by atoms with Gasteiger partial charge in [-0.3, -0.25) is 19.2 Å². The number of cyclic esters (lactones) is 1. The quantitative estimate of drug-likeness (QED) is 0.249. The van der Waals surface area contributed by atoms with Gasteiger partial charge in [-0.15, -0.1) is 0 Å². The lowest BCUT2D eigenvalue weighted by Crippen LogP contribution is -2.56. The maximum atomic E-state index is 15.1. The number of esters is 1. The van der Waals surface area contributed by atoms with Gasteiger partial charge in [0.05, 0.1) is 24.0 Å². The molecule has 4 aliphatic heterocycles. The van der Waals surface area contributed by atoms with E-state index in [-0.39, 0.29) is 43.9 Å². The average Bonchev–Trinajstić information content (AvgIpc) is 3.72. The first-order valence-corrected chi connectivity index (χ1v) is 17.1. The highest BCUT2D eigenvalue weighted by molar-refractivity contribution is 6.06. The molecule has 0 saturated carbocycles. The molecule has 5 bridgehead atoms. The van der Waals surface area contributed by atoms with Crippen LogP contribution in [-0.2, 0) is 28.7 Å². The van der Waals surface area contributed by atoms with Gasteiger partial charge < -0.3 is 29.7 Å². The zero-order chi connectivity index (χ0) is 33.8. The third kappa shape index (κ3) is 6.31. The summed E-state index contributed by atoms with van der Waals surface area (Å²) in [5.74, 6) is -3.10. The second-order valence-corrected chi connectivity index (χ2v) is 13.2. The van der Waals surface area contributed by atoms with Crippen molar-refractivity contribution in [2.24, 2.45) is 11.8 Å². The zero-order valence-electron chi connectivity index (χ0n) is 27.7. The number of carbonyl (C=O) groups excluding carboxylic acids is 4. The van der Waals surface area contributed by atoms with Crippen LogP contribution in [0.15, 0.2) is 72.8 Å². The number of aliphatic hydroxyl groups excluding tert-OH is 1. The number of para-hydroxylation sites is 1. The van der Waals surface area contributed by atoms with Crippen molar-refractivity contribution in [2.75, 3.05) is 31.2 Å². The smallest absolute Gasteiger partial charge is 0.306 e. The van der Waals surface area contributed by atoms with Crippen LogP contribution in [0, 0.1) is 25.7 Å². The first-order valence-electron chi connectivity index (χ1n) is 17.1. The predicted octanol–water partition coefficient (Wildman–Crippen LogP) is 4.09. The molecule has 2 saturated heterocycles. The van der Waals surface area contributed by atoms with Crippen molar-refractivity contribution < 1.29 is 33.8 Å². The van der Waals surface area contributed by atoms with E-state index in [1.54, 1.807) is 9.80 Å². The van der Waals surface area contributed by atoms with Crippen molar-refractivity contribution in [1.29, 1.82) is 0 Å². The van der Waals surface area contributed by atoms with E-state index in [0.29, 0.717) is 25.8 Å². The summed E-state index contributed by atoms with van der Waals surface area (Å²) in [6.07, 6.45) is 10.2. The molecule has 2 aromatic rings. The van der Waals surface area contributed by atoms with Crippen LogP contribution in [0.5, 0.6) is 0 Å². The Hall–Kier alpha value is -4.28. The molecule has 0 radical (unpaired) electrons. The van der Waals surface area contributed by atoms with Crippen LogP contribution in [-0.4, -0.2) is 77.7 Å². The predicted molar refractivity (Wildman–Crippen MR) is 180 cm³/mol. The number of benzene rings is 2. The van der Waals surface area contributed by atoms with Gasteiger partial charge in [0.15, 0.2) is 0 Å². The van der Waals surface area contributed by atoms with Crippen LogP contribution in [0.25, 0.3) is 0 Å². The highest BCUT2D eigenvalue weighted by Gasteiger charge is 2.73. The molecule has 6 atom stereocenters. The average molecular weight is 656 g/mol. The van der Waals surface area contributed by atoms with Crippen molar-refractivity contribution in [3.63, 3.8) is 0 Å². The lowest BCUT2D eigenvalue weighted by molar-refractivity contribution is -0.145. The Kier molecular flexibility index (Phi) is 10.1. The number of anilines is 1. The standard InChI is InChI=1S/C38H45N3O7/c1-25-14-13-15-26(2)33(25)40-21-11-6-9-18-30(43)47-24-28(27-16-7-5-8-17-27)39-35(44)31-29-19-20-38(48-29)32(31)36(45)41(34(38)37(40)46)22-10-3-4-12-23-42/h5-8,11,13-17,19-20,28-29,31-32,34,42H,3-4,9-10,12,18,21-24H2,1-2H3,(H,39,44)/b11-6-/t28-,29-,31+,32+,34-,38+/m1/s1. The fourth-order valence-electron chi connectivity index (χ4n) is 7.83. The summed E-state index contributed by atoms with van der Waals surface area (Å²) in [7, 11) is 0. The van der Waals surface area contributed by atoms with E-state index in [9.17, 15) is 19.5 Å². The van der Waals surface area contributed by atoms with Gasteiger partial charge in [-0.2, -0.15) is 0 Å². The van der Waals surface area contributed by atoms with Crippen LogP contribution >= 0.6 is 0 Å². The van der Waals surface area contributed by atoms with E-state index >= 15 is 4.79 Å². The van der Waals surface area contributed by atoms with E-state index in [1.165, 1.54) is 0 Å². The van der Waals surface area contributed by atoms with Crippen molar-refractivity contribution in [1.82, 2.24) is 10.2 Å². The van der Waals surface area contributed by atoms with Gasteiger partial charge in [-0.25, -0.2) is 0 Å². The molecule has 2 N–H and O–H groups in total. The number of unbranched alkanes of at least 4 members (excludes halogenated alkanes) is 3. The number of likely N-dealkylation sites (tertiary alicyclic amines) is 1. The summed E-state index contributed by atoms with van der Waals surface area (Å²) in [6.45, 7) is 4.51. The largest absolute Gasteiger partial charge is 0.463 e. The summed E-state index contributed by atoms with van der Waals surface area (Å²) in [6, 6.07) is 13.5. The van der Waals surface area contributed by atoms with E-state index in [1.807, 2.05) is 86.7 Å². The molecule has 3 amide bonds. The number of hydrogen-bond acceptors (Lipinski definition) is 7. The number of nitrogens with one attached hydrogen (secondary N) is 1. The highest BCUT2D eigenvalue weighted by Crippen LogP contribution is 2.55. The first kappa shape index (κ1) is 33.6. The number of carbonyl (C=O) groups is 4. The lowest BCUT2D eigenvalue weighted by atomic mass is 9.74. The van der Waals surface area contributed by atoms with Crippen LogP contribution in [0.1, 0.15) is 61.3 Å². The lowest BCUT2D eigenvalue weighted by Gasteiger charge is -2.37. The minimum Gasteiger partial charge on any atom is -0.463 e. The minimum absolute atomic E-state index is 0.0580. The van der Waals surface area contributed by atoms with Gasteiger partial charge in [-0.1, -0.05) is 85.7 Å². The fourth-order valence-corrected chi connectivity index (χ4v) is 7.83. The number of hydrogen-bond donors (Lipinski definition) is 2. The van der Waals surface area contributed by atoms with Gasteiger partial charge >= 0.3 is 5.97 Å². The Morgan fingerprint density at radius 3 is 2.42 bits per heavy atom. The maximum absolute atomic E-state index is 15.1. The molecule has 4 heterocycles. The molecule has 48 heavy (non-hydrogen) atoms. The normalized spacial score (nSPS) is 29.6. The van der Waals surface area contributed by atoms with Crippen molar-refractivity contribution in [2.45, 2.75) is 76.2 Å². The summed E-state index contributed by atoms with van der Waals surface area (Å²) in [4.78, 5) is 60.0. The molecule has 254 valence electrons. The first-order chi connectivity index (χ1) is 23.3. The molecule has 2 aromatic carbocycles. The molecule has 6 rings (SSSR count). The molecule has 10 heteroatoms. The molecule has 1 spiro atoms. The molecular formula is C38H45N3O7. The van der Waals surface area contributed by atoms with Gasteiger partial charge in [-0.05, 0) is 49.8 Å². The molecule has 10 nitrogen and oxygen atoms in total. The Morgan fingerprint density at radius 1 is 0.917 bits per heavy atom. The molecule has 2 fully saturated rings. The van der Waals surface area contributed by atoms with E-state index in [4.69, 9.17) is 9.47 Å². The minimum atomic E-state index is -1.31. The molecular weight excluding hydrogens is 610 g/mol. The van der Waals surface area contributed by atoms with Gasteiger partial charge in [0.25, 0.3) is 5.91 Å². The number of aliphatic hydroxyl groups is 1. The molecule has 0 unspecified atom stereocenters. The van der Waals surface area contributed by atoms with Crippen LogP contribution in [0.2, 0.25) is 0 Å². The number of ether oxygens (including phenoxy) is 2. The van der Waals surface area contributed by atoms with Gasteiger partial charge in [0, 0.05) is 31.8 Å². The summed E-state index contributed by atoms with van der Waals surface area (Å²) in [5.41, 5.74) is 2.04. The van der Waals surface area contributed by atoms with E-state index < -0.39 is 41.6 Å². The highest BCUT2D eigenvalue weighted by atomic mass is 16.5. The third-order valence-corrected chi connectivity index (χ3v) is 10.1. The topological polar surface area (TPSA) is 125 Å². The summed E-state index contributed by atoms with van der Waals surface area (Å²) in [5, 5.41) is 12.3. The van der Waals surface area contributed by atoms with Crippen LogP contribution < -0.4 is 10.2 Å². The van der Waals surface area contributed by atoms with Crippen molar-refractivity contribution >= 4 is 29.4 Å². The molecule has 0 aliphatic carbocycles. The number of fused-ring (bicyclic) bond motifs is 2. The maximum Gasteiger partial charge on any atom is 0.306 e. The second-order valence-electron chi connectivity index (χ2n) is 13.2. The SMILES string of the molecule is Cc1cccc(C)c1N1C/C=C\CCC(=O)OC[C@H](c2ccccc2)NC(=O)[C@@H]2[C@H]3C(=O)N(CCCCCCO)[C@H](C1=O)[C@]31C=C[C@H]2O1.